The molecule has 1 rings (SSSR count). The molecule has 0 saturated carbocycles. The Kier molecular flexibility index (Phi) is 4.22. The van der Waals surface area contributed by atoms with Gasteiger partial charge < -0.3 is 5.11 Å². The summed E-state index contributed by atoms with van der Waals surface area (Å²) >= 11 is 11.4. The van der Waals surface area contributed by atoms with Gasteiger partial charge in [-0.1, -0.05) is 35.4 Å². The summed E-state index contributed by atoms with van der Waals surface area (Å²) in [4.78, 5) is 3.87. The zero-order valence-corrected chi connectivity index (χ0v) is 8.39. The van der Waals surface area contributed by atoms with Crippen LogP contribution in [0.1, 0.15) is 12.0 Å². The van der Waals surface area contributed by atoms with Crippen LogP contribution in [0, 0.1) is 0 Å². The van der Waals surface area contributed by atoms with Gasteiger partial charge in [-0.2, -0.15) is 0 Å². The average molecular weight is 218 g/mol. The number of pyridine rings is 1. The van der Waals surface area contributed by atoms with Crippen molar-refractivity contribution in [2.45, 2.75) is 6.42 Å². The maximum absolute atomic E-state index is 8.54. The summed E-state index contributed by atoms with van der Waals surface area (Å²) in [6.45, 7) is 0.134. The van der Waals surface area contributed by atoms with E-state index in [9.17, 15) is 0 Å². The molecular weight excluding hydrogens is 209 g/mol. The Morgan fingerprint density at radius 3 is 2.77 bits per heavy atom. The van der Waals surface area contributed by atoms with Gasteiger partial charge in [-0.3, -0.25) is 0 Å². The lowest BCUT2D eigenvalue weighted by Crippen LogP contribution is -1.82. The number of halogens is 2. The van der Waals surface area contributed by atoms with Crippen molar-refractivity contribution in [2.75, 3.05) is 6.61 Å². The number of hydrogen-bond donors (Lipinski definition) is 1. The Morgan fingerprint density at radius 1 is 1.38 bits per heavy atom. The maximum atomic E-state index is 8.54. The van der Waals surface area contributed by atoms with Gasteiger partial charge in [-0.15, -0.1) is 0 Å². The van der Waals surface area contributed by atoms with Gasteiger partial charge in [0.25, 0.3) is 0 Å². The van der Waals surface area contributed by atoms with Crippen LogP contribution in [0.4, 0.5) is 0 Å². The summed E-state index contributed by atoms with van der Waals surface area (Å²) in [5.74, 6) is 0. The van der Waals surface area contributed by atoms with Crippen molar-refractivity contribution in [1.29, 1.82) is 0 Å². The quantitative estimate of drug-likeness (QED) is 0.791. The molecule has 1 heterocycles. The fourth-order valence-corrected chi connectivity index (χ4v) is 1.24. The second kappa shape index (κ2) is 5.22. The first-order chi connectivity index (χ1) is 6.24. The Labute approximate surface area is 86.8 Å². The molecule has 1 N–H and O–H groups in total. The molecule has 0 aliphatic rings. The minimum atomic E-state index is 0.134. The molecule has 0 fully saturated rings. The van der Waals surface area contributed by atoms with Gasteiger partial charge in [0, 0.05) is 12.2 Å². The minimum absolute atomic E-state index is 0.134. The maximum Gasteiger partial charge on any atom is 0.138 e. The molecule has 4 heteroatoms. The molecule has 0 bridgehead atoms. The third-order valence-electron chi connectivity index (χ3n) is 1.44. The number of aliphatic hydroxyl groups is 1. The molecule has 0 unspecified atom stereocenters. The number of nitrogens with zero attached hydrogens (tertiary/aromatic N) is 1. The fraction of sp³-hybridized carbons (Fsp3) is 0.222. The summed E-state index contributed by atoms with van der Waals surface area (Å²) in [5.41, 5.74) is 0.805. The van der Waals surface area contributed by atoms with Crippen LogP contribution in [0.15, 0.2) is 18.2 Å². The predicted molar refractivity (Wildman–Crippen MR) is 55.0 cm³/mol. The van der Waals surface area contributed by atoms with E-state index in [0.717, 1.165) is 5.56 Å². The summed E-state index contributed by atoms with van der Waals surface area (Å²) < 4.78 is 0. The molecule has 0 aliphatic heterocycles. The molecule has 2 nitrogen and oxygen atoms in total. The van der Waals surface area contributed by atoms with Gasteiger partial charge in [0.05, 0.1) is 0 Å². The second-order valence-corrected chi connectivity index (χ2v) is 3.17. The smallest absolute Gasteiger partial charge is 0.138 e. The lowest BCUT2D eigenvalue weighted by Gasteiger charge is -1.96. The molecule has 1 aromatic heterocycles. The zero-order valence-electron chi connectivity index (χ0n) is 6.87. The highest BCUT2D eigenvalue weighted by Crippen LogP contribution is 2.17. The minimum Gasteiger partial charge on any atom is -0.396 e. The summed E-state index contributed by atoms with van der Waals surface area (Å²) in [6, 6.07) is 3.46. The van der Waals surface area contributed by atoms with Crippen molar-refractivity contribution in [3.05, 3.63) is 34.1 Å². The molecule has 0 spiro atoms. The number of hydrogen-bond acceptors (Lipinski definition) is 2. The van der Waals surface area contributed by atoms with Gasteiger partial charge in [0.2, 0.25) is 0 Å². The molecule has 0 aromatic carbocycles. The topological polar surface area (TPSA) is 33.1 Å². The molecular formula is C9H9Cl2NO. The fourth-order valence-electron chi connectivity index (χ4n) is 0.832. The molecule has 13 heavy (non-hydrogen) atoms. The van der Waals surface area contributed by atoms with Crippen LogP contribution in [0.25, 0.3) is 6.08 Å². The molecule has 70 valence electrons. The van der Waals surface area contributed by atoms with Crippen molar-refractivity contribution >= 4 is 29.3 Å². The van der Waals surface area contributed by atoms with Crippen LogP contribution in [-0.4, -0.2) is 16.7 Å². The monoisotopic (exact) mass is 217 g/mol. The van der Waals surface area contributed by atoms with E-state index in [2.05, 4.69) is 4.98 Å². The SMILES string of the molecule is OCCC=Cc1ccc(Cl)nc1Cl. The highest BCUT2D eigenvalue weighted by Gasteiger charge is 1.97. The van der Waals surface area contributed by atoms with E-state index in [-0.39, 0.29) is 6.61 Å². The van der Waals surface area contributed by atoms with Crippen LogP contribution >= 0.6 is 23.2 Å². The third kappa shape index (κ3) is 3.35. The van der Waals surface area contributed by atoms with E-state index in [0.29, 0.717) is 16.7 Å². The number of rotatable bonds is 3. The Bertz CT molecular complexity index is 312. The number of aliphatic hydroxyl groups excluding tert-OH is 1. The molecule has 0 saturated heterocycles. The molecule has 0 amide bonds. The average Bonchev–Trinajstić information content (AvgIpc) is 2.09. The molecule has 0 atom stereocenters. The van der Waals surface area contributed by atoms with E-state index in [1.165, 1.54) is 0 Å². The van der Waals surface area contributed by atoms with Crippen molar-refractivity contribution < 1.29 is 5.11 Å². The molecule has 1 aromatic rings. The van der Waals surface area contributed by atoms with Gasteiger partial charge in [0.15, 0.2) is 0 Å². The first-order valence-corrected chi connectivity index (χ1v) is 4.59. The Balaban J connectivity index is 2.77. The van der Waals surface area contributed by atoms with Crippen LogP contribution in [0.3, 0.4) is 0 Å². The highest BCUT2D eigenvalue weighted by molar-refractivity contribution is 6.33. The van der Waals surface area contributed by atoms with Gasteiger partial charge in [-0.05, 0) is 18.6 Å². The second-order valence-electron chi connectivity index (χ2n) is 2.43. The lowest BCUT2D eigenvalue weighted by atomic mass is 10.2. The number of aromatic nitrogens is 1. The van der Waals surface area contributed by atoms with Crippen molar-refractivity contribution in [3.8, 4) is 0 Å². The van der Waals surface area contributed by atoms with Gasteiger partial charge in [-0.25, -0.2) is 4.98 Å². The van der Waals surface area contributed by atoms with Gasteiger partial charge >= 0.3 is 0 Å². The van der Waals surface area contributed by atoms with Crippen LogP contribution < -0.4 is 0 Å². The van der Waals surface area contributed by atoms with E-state index in [1.54, 1.807) is 12.1 Å². The van der Waals surface area contributed by atoms with Crippen molar-refractivity contribution in [2.24, 2.45) is 0 Å². The first kappa shape index (κ1) is 10.5. The third-order valence-corrected chi connectivity index (χ3v) is 1.95. The molecule has 0 aliphatic carbocycles. The molecule has 0 radical (unpaired) electrons. The zero-order chi connectivity index (χ0) is 9.68. The normalized spacial score (nSPS) is 11.0. The predicted octanol–water partition coefficient (Wildman–Crippen LogP) is 2.78. The summed E-state index contributed by atoms with van der Waals surface area (Å²) in [6.07, 6.45) is 4.25. The van der Waals surface area contributed by atoms with E-state index < -0.39 is 0 Å². The van der Waals surface area contributed by atoms with E-state index >= 15 is 0 Å². The van der Waals surface area contributed by atoms with Crippen molar-refractivity contribution in [3.63, 3.8) is 0 Å². The Hall–Kier alpha value is -0.570. The van der Waals surface area contributed by atoms with Crippen LogP contribution in [-0.2, 0) is 0 Å². The Morgan fingerprint density at radius 2 is 2.15 bits per heavy atom. The van der Waals surface area contributed by atoms with Crippen LogP contribution in [0.2, 0.25) is 10.3 Å². The summed E-state index contributed by atoms with van der Waals surface area (Å²) in [5, 5.41) is 9.29. The van der Waals surface area contributed by atoms with Crippen molar-refractivity contribution in [1.82, 2.24) is 4.98 Å². The summed E-state index contributed by atoms with van der Waals surface area (Å²) in [7, 11) is 0. The van der Waals surface area contributed by atoms with E-state index in [4.69, 9.17) is 28.3 Å². The first-order valence-electron chi connectivity index (χ1n) is 3.83. The van der Waals surface area contributed by atoms with Gasteiger partial charge in [0.1, 0.15) is 10.3 Å². The van der Waals surface area contributed by atoms with E-state index in [1.807, 2.05) is 12.2 Å². The largest absolute Gasteiger partial charge is 0.396 e. The lowest BCUT2D eigenvalue weighted by molar-refractivity contribution is 0.303. The van der Waals surface area contributed by atoms with Crippen LogP contribution in [0.5, 0.6) is 0 Å². The highest BCUT2D eigenvalue weighted by atomic mass is 35.5. The standard InChI is InChI=1S/C9H9Cl2NO/c10-8-5-4-7(9(11)12-8)3-1-2-6-13/h1,3-5,13H,2,6H2.